The Morgan fingerprint density at radius 1 is 1.69 bits per heavy atom. The summed E-state index contributed by atoms with van der Waals surface area (Å²) in [5.41, 5.74) is 0. The van der Waals surface area contributed by atoms with Crippen molar-refractivity contribution in [3.63, 3.8) is 0 Å². The highest BCUT2D eigenvalue weighted by Gasteiger charge is 2.31. The van der Waals surface area contributed by atoms with Crippen LogP contribution in [0.15, 0.2) is 0 Å². The normalized spacial score (nSPS) is 23.9. The van der Waals surface area contributed by atoms with Crippen LogP contribution < -0.4 is 5.32 Å². The third kappa shape index (κ3) is 3.48. The van der Waals surface area contributed by atoms with Gasteiger partial charge in [0, 0.05) is 19.6 Å². The van der Waals surface area contributed by atoms with E-state index in [4.69, 9.17) is 5.11 Å². The molecule has 5 nitrogen and oxygen atoms in total. The summed E-state index contributed by atoms with van der Waals surface area (Å²) < 4.78 is 0. The predicted octanol–water partition coefficient (Wildman–Crippen LogP) is 0.308. The van der Waals surface area contributed by atoms with Crippen LogP contribution in [0.2, 0.25) is 0 Å². The largest absolute Gasteiger partial charge is 0.481 e. The lowest BCUT2D eigenvalue weighted by Crippen LogP contribution is -2.56. The zero-order chi connectivity index (χ0) is 12.1. The van der Waals surface area contributed by atoms with E-state index in [2.05, 4.69) is 19.2 Å². The molecule has 1 amide bonds. The summed E-state index contributed by atoms with van der Waals surface area (Å²) in [6, 6.07) is -0.500. The summed E-state index contributed by atoms with van der Waals surface area (Å²) in [4.78, 5) is 24.3. The highest BCUT2D eigenvalue weighted by molar-refractivity contribution is 5.86. The van der Waals surface area contributed by atoms with E-state index in [1.54, 1.807) is 0 Å². The number of nitrogens with one attached hydrogen (secondary N) is 1. The second-order valence-electron chi connectivity index (χ2n) is 4.41. The number of aliphatic carboxylic acids is 1. The standard InChI is InChI=1S/C11H20N2O3/c1-3-8(2)7-13-5-4-12-11(16)9(13)6-10(14)15/h8-9H,3-7H2,1-2H3,(H,12,16)(H,14,15). The molecule has 0 aromatic rings. The van der Waals surface area contributed by atoms with Gasteiger partial charge < -0.3 is 10.4 Å². The average molecular weight is 228 g/mol. The maximum absolute atomic E-state index is 11.6. The molecule has 0 aliphatic carbocycles. The highest BCUT2D eigenvalue weighted by Crippen LogP contribution is 2.13. The molecule has 1 rings (SSSR count). The second-order valence-corrected chi connectivity index (χ2v) is 4.41. The molecule has 2 atom stereocenters. The third-order valence-electron chi connectivity index (χ3n) is 3.05. The lowest BCUT2D eigenvalue weighted by molar-refractivity contribution is -0.143. The molecule has 0 spiro atoms. The number of hydrogen-bond donors (Lipinski definition) is 2. The highest BCUT2D eigenvalue weighted by atomic mass is 16.4. The first-order valence-corrected chi connectivity index (χ1v) is 5.78. The molecule has 2 N–H and O–H groups in total. The SMILES string of the molecule is CCC(C)CN1CCNC(=O)C1CC(=O)O. The summed E-state index contributed by atoms with van der Waals surface area (Å²) in [5.74, 6) is -0.588. The molecule has 0 radical (unpaired) electrons. The molecule has 92 valence electrons. The Labute approximate surface area is 95.8 Å². The van der Waals surface area contributed by atoms with Crippen LogP contribution in [0.25, 0.3) is 0 Å². The fraction of sp³-hybridized carbons (Fsp3) is 0.818. The van der Waals surface area contributed by atoms with E-state index < -0.39 is 12.0 Å². The van der Waals surface area contributed by atoms with Crippen molar-refractivity contribution in [3.8, 4) is 0 Å². The summed E-state index contributed by atoms with van der Waals surface area (Å²) in [6.45, 7) is 6.37. The van der Waals surface area contributed by atoms with Crippen molar-refractivity contribution in [2.45, 2.75) is 32.7 Å². The number of amides is 1. The van der Waals surface area contributed by atoms with E-state index in [0.29, 0.717) is 12.5 Å². The van der Waals surface area contributed by atoms with Crippen LogP contribution in [0.4, 0.5) is 0 Å². The second kappa shape index (κ2) is 5.84. The van der Waals surface area contributed by atoms with E-state index in [0.717, 1.165) is 19.5 Å². The maximum atomic E-state index is 11.6. The van der Waals surface area contributed by atoms with Gasteiger partial charge in [0.1, 0.15) is 0 Å². The number of carboxylic acid groups (broad SMARTS) is 1. The Hall–Kier alpha value is -1.10. The smallest absolute Gasteiger partial charge is 0.305 e. The summed E-state index contributed by atoms with van der Waals surface area (Å²) in [6.07, 6.45) is 0.931. The van der Waals surface area contributed by atoms with E-state index >= 15 is 0 Å². The average Bonchev–Trinajstić information content (AvgIpc) is 2.22. The third-order valence-corrected chi connectivity index (χ3v) is 3.05. The molecular formula is C11H20N2O3. The zero-order valence-corrected chi connectivity index (χ0v) is 9.90. The van der Waals surface area contributed by atoms with Gasteiger partial charge in [0.2, 0.25) is 5.91 Å². The molecule has 1 heterocycles. The quantitative estimate of drug-likeness (QED) is 0.710. The monoisotopic (exact) mass is 228 g/mol. The number of carbonyl (C=O) groups is 2. The first kappa shape index (κ1) is 13.0. The van der Waals surface area contributed by atoms with Crippen LogP contribution in [0.1, 0.15) is 26.7 Å². The van der Waals surface area contributed by atoms with Gasteiger partial charge in [0.05, 0.1) is 12.5 Å². The minimum Gasteiger partial charge on any atom is -0.481 e. The Morgan fingerprint density at radius 3 is 2.94 bits per heavy atom. The van der Waals surface area contributed by atoms with Gasteiger partial charge in [-0.3, -0.25) is 14.5 Å². The summed E-state index contributed by atoms with van der Waals surface area (Å²) in [7, 11) is 0. The van der Waals surface area contributed by atoms with Crippen LogP contribution in [0, 0.1) is 5.92 Å². The van der Waals surface area contributed by atoms with Gasteiger partial charge in [-0.25, -0.2) is 0 Å². The fourth-order valence-electron chi connectivity index (χ4n) is 1.90. The van der Waals surface area contributed by atoms with Crippen molar-refractivity contribution >= 4 is 11.9 Å². The van der Waals surface area contributed by atoms with Crippen molar-refractivity contribution in [2.75, 3.05) is 19.6 Å². The van der Waals surface area contributed by atoms with Crippen molar-refractivity contribution in [2.24, 2.45) is 5.92 Å². The predicted molar refractivity (Wildman–Crippen MR) is 60.1 cm³/mol. The number of carboxylic acids is 1. The molecule has 0 aromatic carbocycles. The van der Waals surface area contributed by atoms with Gasteiger partial charge in [0.15, 0.2) is 0 Å². The van der Waals surface area contributed by atoms with Crippen LogP contribution in [0.5, 0.6) is 0 Å². The first-order valence-electron chi connectivity index (χ1n) is 5.78. The van der Waals surface area contributed by atoms with Gasteiger partial charge in [0.25, 0.3) is 0 Å². The number of rotatable bonds is 5. The number of nitrogens with zero attached hydrogens (tertiary/aromatic N) is 1. The van der Waals surface area contributed by atoms with Crippen LogP contribution in [-0.2, 0) is 9.59 Å². The minimum absolute atomic E-state index is 0.109. The molecule has 2 unspecified atom stereocenters. The van der Waals surface area contributed by atoms with Gasteiger partial charge in [-0.05, 0) is 5.92 Å². The van der Waals surface area contributed by atoms with Gasteiger partial charge in [-0.1, -0.05) is 20.3 Å². The number of carbonyl (C=O) groups excluding carboxylic acids is 1. The van der Waals surface area contributed by atoms with Crippen LogP contribution in [-0.4, -0.2) is 47.6 Å². The molecule has 1 saturated heterocycles. The Bertz CT molecular complexity index is 268. The zero-order valence-electron chi connectivity index (χ0n) is 9.90. The molecule has 16 heavy (non-hydrogen) atoms. The molecule has 1 aliphatic heterocycles. The van der Waals surface area contributed by atoms with E-state index in [-0.39, 0.29) is 12.3 Å². The molecule has 0 saturated carbocycles. The lowest BCUT2D eigenvalue weighted by atomic mass is 10.0. The minimum atomic E-state index is -0.920. The van der Waals surface area contributed by atoms with Crippen molar-refractivity contribution < 1.29 is 14.7 Å². The summed E-state index contributed by atoms with van der Waals surface area (Å²) >= 11 is 0. The fourth-order valence-corrected chi connectivity index (χ4v) is 1.90. The van der Waals surface area contributed by atoms with E-state index in [9.17, 15) is 9.59 Å². The van der Waals surface area contributed by atoms with Gasteiger partial charge >= 0.3 is 5.97 Å². The van der Waals surface area contributed by atoms with Crippen LogP contribution >= 0.6 is 0 Å². The Morgan fingerprint density at radius 2 is 2.38 bits per heavy atom. The Kier molecular flexibility index (Phi) is 4.73. The summed E-state index contributed by atoms with van der Waals surface area (Å²) in [5, 5.41) is 11.5. The molecule has 0 aromatic heterocycles. The number of hydrogen-bond acceptors (Lipinski definition) is 3. The van der Waals surface area contributed by atoms with Crippen molar-refractivity contribution in [3.05, 3.63) is 0 Å². The topological polar surface area (TPSA) is 69.6 Å². The van der Waals surface area contributed by atoms with Crippen molar-refractivity contribution in [1.29, 1.82) is 0 Å². The maximum Gasteiger partial charge on any atom is 0.305 e. The molecule has 1 fully saturated rings. The molecule has 0 bridgehead atoms. The molecule has 1 aliphatic rings. The van der Waals surface area contributed by atoms with E-state index in [1.807, 2.05) is 4.90 Å². The van der Waals surface area contributed by atoms with Crippen molar-refractivity contribution in [1.82, 2.24) is 10.2 Å². The first-order chi connectivity index (χ1) is 7.54. The van der Waals surface area contributed by atoms with Crippen LogP contribution in [0.3, 0.4) is 0 Å². The van der Waals surface area contributed by atoms with Gasteiger partial charge in [-0.2, -0.15) is 0 Å². The molecular weight excluding hydrogens is 208 g/mol. The number of piperazine rings is 1. The Balaban J connectivity index is 2.62. The lowest BCUT2D eigenvalue weighted by Gasteiger charge is -2.35. The molecule has 5 heteroatoms. The van der Waals surface area contributed by atoms with Gasteiger partial charge in [-0.15, -0.1) is 0 Å². The van der Waals surface area contributed by atoms with E-state index in [1.165, 1.54) is 0 Å².